The zero-order valence-corrected chi connectivity index (χ0v) is 9.14. The molecule has 2 rings (SSSR count). The fourth-order valence-electron chi connectivity index (χ4n) is 1.17. The first-order valence-electron chi connectivity index (χ1n) is 4.15. The number of anilines is 1. The number of aromatic amines is 1. The van der Waals surface area contributed by atoms with Crippen LogP contribution in [-0.4, -0.2) is 15.0 Å². The van der Waals surface area contributed by atoms with Crippen molar-refractivity contribution in [2.75, 3.05) is 5.73 Å². The maximum Gasteiger partial charge on any atom is 0.224 e. The fourth-order valence-corrected chi connectivity index (χ4v) is 1.55. The van der Waals surface area contributed by atoms with Crippen LogP contribution in [0.4, 0.5) is 5.95 Å². The van der Waals surface area contributed by atoms with Crippen LogP contribution in [0.15, 0.2) is 24.3 Å². The third-order valence-corrected chi connectivity index (χ3v) is 2.19. The Balaban J connectivity index is 2.59. The number of nitrogens with two attached hydrogens (primary N) is 1. The first-order chi connectivity index (χ1) is 7.15. The second kappa shape index (κ2) is 3.96. The third kappa shape index (κ3) is 2.31. The van der Waals surface area contributed by atoms with Gasteiger partial charge in [0.1, 0.15) is 5.82 Å². The Morgan fingerprint density at radius 3 is 2.80 bits per heavy atom. The summed E-state index contributed by atoms with van der Waals surface area (Å²) in [7, 11) is 0. The molecular weight excluding hydrogens is 232 g/mol. The summed E-state index contributed by atoms with van der Waals surface area (Å²) in [6.45, 7) is 0. The summed E-state index contributed by atoms with van der Waals surface area (Å²) in [5.41, 5.74) is 6.35. The predicted octanol–water partition coefficient (Wildman–Crippen LogP) is 2.44. The van der Waals surface area contributed by atoms with Gasteiger partial charge >= 0.3 is 0 Å². The lowest BCUT2D eigenvalue weighted by atomic mass is 10.2. The summed E-state index contributed by atoms with van der Waals surface area (Å²) >= 11 is 10.7. The van der Waals surface area contributed by atoms with E-state index in [0.717, 1.165) is 5.56 Å². The number of nitrogens with one attached hydrogen (secondary N) is 1. The molecule has 0 saturated heterocycles. The summed E-state index contributed by atoms with van der Waals surface area (Å²) in [4.78, 5) is 10.7. The average molecular weight is 239 g/mol. The summed E-state index contributed by atoms with van der Waals surface area (Å²) in [5, 5.41) is 0.629. The van der Waals surface area contributed by atoms with Crippen molar-refractivity contribution in [2.24, 2.45) is 0 Å². The monoisotopic (exact) mass is 238 g/mol. The molecule has 76 valence electrons. The van der Waals surface area contributed by atoms with Crippen molar-refractivity contribution >= 4 is 29.8 Å². The third-order valence-electron chi connectivity index (χ3n) is 1.77. The van der Waals surface area contributed by atoms with Crippen molar-refractivity contribution in [3.05, 3.63) is 34.1 Å². The van der Waals surface area contributed by atoms with Crippen LogP contribution in [0.3, 0.4) is 0 Å². The summed E-state index contributed by atoms with van der Waals surface area (Å²) < 4.78 is 0.209. The van der Waals surface area contributed by atoms with Crippen LogP contribution in [0, 0.1) is 4.77 Å². The number of hydrogen-bond donors (Lipinski definition) is 2. The van der Waals surface area contributed by atoms with Crippen molar-refractivity contribution in [3.63, 3.8) is 0 Å². The minimum absolute atomic E-state index is 0.209. The van der Waals surface area contributed by atoms with Gasteiger partial charge in [0, 0.05) is 10.6 Å². The molecule has 15 heavy (non-hydrogen) atoms. The molecular formula is C9H7ClN4S. The lowest BCUT2D eigenvalue weighted by Crippen LogP contribution is -1.99. The first kappa shape index (κ1) is 10.1. The van der Waals surface area contributed by atoms with Gasteiger partial charge in [-0.15, -0.1) is 0 Å². The molecule has 0 amide bonds. The summed E-state index contributed by atoms with van der Waals surface area (Å²) in [6, 6.07) is 7.24. The van der Waals surface area contributed by atoms with Crippen LogP contribution in [-0.2, 0) is 0 Å². The molecule has 0 spiro atoms. The van der Waals surface area contributed by atoms with Crippen molar-refractivity contribution in [1.29, 1.82) is 0 Å². The number of hydrogen-bond acceptors (Lipinski definition) is 4. The molecule has 0 fully saturated rings. The molecule has 6 heteroatoms. The van der Waals surface area contributed by atoms with Crippen LogP contribution in [0.25, 0.3) is 11.4 Å². The van der Waals surface area contributed by atoms with E-state index in [0.29, 0.717) is 10.8 Å². The molecule has 0 aliphatic rings. The topological polar surface area (TPSA) is 67.6 Å². The van der Waals surface area contributed by atoms with Crippen molar-refractivity contribution in [1.82, 2.24) is 15.0 Å². The van der Waals surface area contributed by atoms with Crippen LogP contribution >= 0.6 is 23.8 Å². The Hall–Kier alpha value is -1.46. The number of aromatic nitrogens is 3. The Labute approximate surface area is 96.1 Å². The highest BCUT2D eigenvalue weighted by atomic mass is 35.5. The van der Waals surface area contributed by atoms with Gasteiger partial charge in [0.25, 0.3) is 0 Å². The van der Waals surface area contributed by atoms with Gasteiger partial charge in [-0.2, -0.15) is 4.98 Å². The van der Waals surface area contributed by atoms with Gasteiger partial charge in [-0.3, -0.25) is 0 Å². The van der Waals surface area contributed by atoms with Gasteiger partial charge < -0.3 is 10.7 Å². The SMILES string of the molecule is Nc1nc(=S)nc(-c2cccc(Cl)c2)[nH]1. The molecule has 2 aromatic rings. The standard InChI is InChI=1S/C9H7ClN4S/c10-6-3-1-2-5(4-6)7-12-8(11)14-9(15)13-7/h1-4H,(H3,11,12,13,14,15). The van der Waals surface area contributed by atoms with E-state index in [2.05, 4.69) is 15.0 Å². The Kier molecular flexibility index (Phi) is 2.66. The summed E-state index contributed by atoms with van der Waals surface area (Å²) in [5.74, 6) is 0.806. The van der Waals surface area contributed by atoms with Gasteiger partial charge in [-0.1, -0.05) is 23.7 Å². The predicted molar refractivity (Wildman–Crippen MR) is 62.1 cm³/mol. The fraction of sp³-hybridized carbons (Fsp3) is 0. The van der Waals surface area contributed by atoms with E-state index in [4.69, 9.17) is 29.6 Å². The number of benzene rings is 1. The molecule has 0 unspecified atom stereocenters. The van der Waals surface area contributed by atoms with Gasteiger partial charge in [0.15, 0.2) is 0 Å². The second-order valence-corrected chi connectivity index (χ2v) is 3.68. The largest absolute Gasteiger partial charge is 0.369 e. The molecule has 4 nitrogen and oxygen atoms in total. The van der Waals surface area contributed by atoms with Gasteiger partial charge in [-0.05, 0) is 24.4 Å². The lowest BCUT2D eigenvalue weighted by molar-refractivity contribution is 1.05. The maximum absolute atomic E-state index is 5.86. The number of nitrogens with zero attached hydrogens (tertiary/aromatic N) is 2. The quantitative estimate of drug-likeness (QED) is 0.749. The maximum atomic E-state index is 5.86. The van der Waals surface area contributed by atoms with E-state index >= 15 is 0 Å². The Morgan fingerprint density at radius 1 is 1.33 bits per heavy atom. The number of rotatable bonds is 1. The first-order valence-corrected chi connectivity index (χ1v) is 4.93. The molecule has 0 saturated carbocycles. The van der Waals surface area contributed by atoms with Crippen LogP contribution in [0.5, 0.6) is 0 Å². The highest BCUT2D eigenvalue weighted by Gasteiger charge is 2.01. The van der Waals surface area contributed by atoms with Crippen LogP contribution in [0.2, 0.25) is 5.02 Å². The minimum Gasteiger partial charge on any atom is -0.369 e. The molecule has 1 heterocycles. The van der Waals surface area contributed by atoms with E-state index in [9.17, 15) is 0 Å². The second-order valence-electron chi connectivity index (χ2n) is 2.88. The average Bonchev–Trinajstić information content (AvgIpc) is 2.16. The molecule has 0 bridgehead atoms. The molecule has 0 radical (unpaired) electrons. The Bertz CT molecular complexity index is 552. The van der Waals surface area contributed by atoms with Gasteiger partial charge in [0.05, 0.1) is 0 Å². The molecule has 0 atom stereocenters. The van der Waals surface area contributed by atoms with Crippen molar-refractivity contribution in [2.45, 2.75) is 0 Å². The smallest absolute Gasteiger partial charge is 0.224 e. The number of nitrogen functional groups attached to an aromatic ring is 1. The zero-order chi connectivity index (χ0) is 10.8. The molecule has 0 aliphatic carbocycles. The van der Waals surface area contributed by atoms with E-state index < -0.39 is 0 Å². The molecule has 1 aromatic heterocycles. The highest BCUT2D eigenvalue weighted by molar-refractivity contribution is 7.71. The Morgan fingerprint density at radius 2 is 2.13 bits per heavy atom. The lowest BCUT2D eigenvalue weighted by Gasteiger charge is -2.01. The van der Waals surface area contributed by atoms with Crippen molar-refractivity contribution in [3.8, 4) is 11.4 Å². The van der Waals surface area contributed by atoms with E-state index in [1.807, 2.05) is 12.1 Å². The van der Waals surface area contributed by atoms with Crippen molar-refractivity contribution < 1.29 is 0 Å². The van der Waals surface area contributed by atoms with E-state index in [1.54, 1.807) is 12.1 Å². The zero-order valence-electron chi connectivity index (χ0n) is 7.57. The van der Waals surface area contributed by atoms with E-state index in [-0.39, 0.29) is 10.7 Å². The normalized spacial score (nSPS) is 10.2. The molecule has 0 aliphatic heterocycles. The van der Waals surface area contributed by atoms with Crippen LogP contribution < -0.4 is 5.73 Å². The van der Waals surface area contributed by atoms with Crippen LogP contribution in [0.1, 0.15) is 0 Å². The number of H-pyrrole nitrogens is 1. The molecule has 3 N–H and O–H groups in total. The highest BCUT2D eigenvalue weighted by Crippen LogP contribution is 2.19. The minimum atomic E-state index is 0.209. The molecule has 1 aromatic carbocycles. The van der Waals surface area contributed by atoms with Gasteiger partial charge in [0.2, 0.25) is 10.7 Å². The summed E-state index contributed by atoms with van der Waals surface area (Å²) in [6.07, 6.45) is 0. The van der Waals surface area contributed by atoms with E-state index in [1.165, 1.54) is 0 Å². The number of halogens is 1. The van der Waals surface area contributed by atoms with Gasteiger partial charge in [-0.25, -0.2) is 4.98 Å².